The average Bonchev–Trinajstić information content (AvgIpc) is 2.67. The van der Waals surface area contributed by atoms with Crippen molar-refractivity contribution in [1.82, 2.24) is 20.5 Å². The Morgan fingerprint density at radius 2 is 2.08 bits per heavy atom. The van der Waals surface area contributed by atoms with Gasteiger partial charge in [-0.2, -0.15) is 0 Å². The van der Waals surface area contributed by atoms with Crippen LogP contribution in [0.5, 0.6) is 0 Å². The Labute approximate surface area is 150 Å². The molecule has 2 heterocycles. The lowest BCUT2D eigenvalue weighted by Crippen LogP contribution is -2.50. The first kappa shape index (κ1) is 19.0. The summed E-state index contributed by atoms with van der Waals surface area (Å²) in [6, 6.07) is 6.28. The zero-order valence-corrected chi connectivity index (χ0v) is 15.5. The molecule has 138 valence electrons. The average molecular weight is 346 g/mol. The van der Waals surface area contributed by atoms with E-state index >= 15 is 0 Å². The summed E-state index contributed by atoms with van der Waals surface area (Å²) in [6.07, 6.45) is 3.31. The summed E-state index contributed by atoms with van der Waals surface area (Å²) in [7, 11) is 1.75. The van der Waals surface area contributed by atoms with Crippen molar-refractivity contribution in [3.05, 3.63) is 24.4 Å². The highest BCUT2D eigenvalue weighted by atomic mass is 16.2. The quantitative estimate of drug-likeness (QED) is 0.596. The van der Waals surface area contributed by atoms with Crippen LogP contribution in [0.2, 0.25) is 0 Å². The third-order valence-corrected chi connectivity index (χ3v) is 4.46. The maximum absolute atomic E-state index is 12.4. The van der Waals surface area contributed by atoms with Crippen molar-refractivity contribution in [1.29, 1.82) is 0 Å². The largest absolute Gasteiger partial charge is 0.356 e. The van der Waals surface area contributed by atoms with Crippen molar-refractivity contribution < 1.29 is 4.79 Å². The number of aliphatic imine (C=N–C) groups is 1. The van der Waals surface area contributed by atoms with Crippen LogP contribution in [0.3, 0.4) is 0 Å². The molecule has 1 aliphatic heterocycles. The number of piperazine rings is 1. The Kier molecular flexibility index (Phi) is 7.50. The van der Waals surface area contributed by atoms with Crippen molar-refractivity contribution in [3.63, 3.8) is 0 Å². The minimum absolute atomic E-state index is 0.187. The van der Waals surface area contributed by atoms with Crippen LogP contribution >= 0.6 is 0 Å². The molecule has 0 aliphatic carbocycles. The van der Waals surface area contributed by atoms with Gasteiger partial charge in [-0.3, -0.25) is 9.79 Å². The van der Waals surface area contributed by atoms with Gasteiger partial charge in [0.1, 0.15) is 5.82 Å². The lowest BCUT2D eigenvalue weighted by Gasteiger charge is -2.35. The molecule has 7 heteroatoms. The number of aromatic nitrogens is 1. The number of nitrogens with one attached hydrogen (secondary N) is 2. The SMILES string of the molecule is CCC(C)NC(=NC)NCCC(=O)N1CCN(c2ccccn2)CC1. The first-order valence-electron chi connectivity index (χ1n) is 9.05. The first-order valence-corrected chi connectivity index (χ1v) is 9.05. The Morgan fingerprint density at radius 1 is 1.32 bits per heavy atom. The summed E-state index contributed by atoms with van der Waals surface area (Å²) in [5.41, 5.74) is 0. The number of guanidine groups is 1. The van der Waals surface area contributed by atoms with Gasteiger partial charge in [0.2, 0.25) is 5.91 Å². The summed E-state index contributed by atoms with van der Waals surface area (Å²) >= 11 is 0. The van der Waals surface area contributed by atoms with Crippen molar-refractivity contribution in [2.45, 2.75) is 32.7 Å². The van der Waals surface area contributed by atoms with Crippen molar-refractivity contribution in [2.24, 2.45) is 4.99 Å². The molecule has 7 nitrogen and oxygen atoms in total. The van der Waals surface area contributed by atoms with Crippen LogP contribution in [0, 0.1) is 0 Å². The summed E-state index contributed by atoms with van der Waals surface area (Å²) in [5.74, 6) is 1.92. The van der Waals surface area contributed by atoms with Gasteiger partial charge < -0.3 is 20.4 Å². The molecule has 1 atom stereocenters. The van der Waals surface area contributed by atoms with Crippen LogP contribution in [0.15, 0.2) is 29.4 Å². The van der Waals surface area contributed by atoms with Gasteiger partial charge in [0.05, 0.1) is 0 Å². The third kappa shape index (κ3) is 5.92. The Hall–Kier alpha value is -2.31. The fraction of sp³-hybridized carbons (Fsp3) is 0.611. The molecule has 1 aromatic rings. The summed E-state index contributed by atoms with van der Waals surface area (Å²) < 4.78 is 0. The monoisotopic (exact) mass is 346 g/mol. The number of rotatable bonds is 6. The zero-order valence-electron chi connectivity index (χ0n) is 15.5. The predicted octanol–water partition coefficient (Wildman–Crippen LogP) is 1.08. The van der Waals surface area contributed by atoms with Crippen molar-refractivity contribution >= 4 is 17.7 Å². The van der Waals surface area contributed by atoms with E-state index in [-0.39, 0.29) is 5.91 Å². The number of nitrogens with zero attached hydrogens (tertiary/aromatic N) is 4. The van der Waals surface area contributed by atoms with Gasteiger partial charge in [-0.15, -0.1) is 0 Å². The minimum atomic E-state index is 0.187. The van der Waals surface area contributed by atoms with Crippen LogP contribution in [-0.2, 0) is 4.79 Å². The van der Waals surface area contributed by atoms with Crippen molar-refractivity contribution in [2.75, 3.05) is 44.7 Å². The topological polar surface area (TPSA) is 72.9 Å². The van der Waals surface area contributed by atoms with Gasteiger partial charge in [0.25, 0.3) is 0 Å². The van der Waals surface area contributed by atoms with Gasteiger partial charge in [0, 0.05) is 58.4 Å². The lowest BCUT2D eigenvalue weighted by atomic mass is 10.2. The zero-order chi connectivity index (χ0) is 18.1. The molecule has 0 saturated carbocycles. The normalized spacial score (nSPS) is 16.5. The fourth-order valence-electron chi connectivity index (χ4n) is 2.70. The summed E-state index contributed by atoms with van der Waals surface area (Å²) in [4.78, 5) is 25.1. The molecule has 2 N–H and O–H groups in total. The molecule has 0 bridgehead atoms. The molecular weight excluding hydrogens is 316 g/mol. The number of carbonyl (C=O) groups is 1. The Bertz CT molecular complexity index is 554. The second kappa shape index (κ2) is 9.86. The van der Waals surface area contributed by atoms with E-state index in [9.17, 15) is 4.79 Å². The van der Waals surface area contributed by atoms with Gasteiger partial charge >= 0.3 is 0 Å². The molecule has 1 fully saturated rings. The lowest BCUT2D eigenvalue weighted by molar-refractivity contribution is -0.131. The van der Waals surface area contributed by atoms with E-state index in [1.807, 2.05) is 23.1 Å². The molecule has 0 radical (unpaired) electrons. The van der Waals surface area contributed by atoms with Gasteiger partial charge in [0.15, 0.2) is 5.96 Å². The van der Waals surface area contributed by atoms with Crippen LogP contribution in [0.1, 0.15) is 26.7 Å². The number of carbonyl (C=O) groups excluding carboxylic acids is 1. The molecule has 0 aromatic carbocycles. The maximum Gasteiger partial charge on any atom is 0.224 e. The number of hydrogen-bond acceptors (Lipinski definition) is 4. The highest BCUT2D eigenvalue weighted by Crippen LogP contribution is 2.12. The molecule has 1 aliphatic rings. The van der Waals surface area contributed by atoms with E-state index in [0.717, 1.165) is 44.4 Å². The van der Waals surface area contributed by atoms with E-state index in [0.29, 0.717) is 19.0 Å². The van der Waals surface area contributed by atoms with Crippen LogP contribution in [0.25, 0.3) is 0 Å². The summed E-state index contributed by atoms with van der Waals surface area (Å²) in [6.45, 7) is 7.97. The van der Waals surface area contributed by atoms with E-state index in [1.54, 1.807) is 13.2 Å². The van der Waals surface area contributed by atoms with Crippen LogP contribution < -0.4 is 15.5 Å². The van der Waals surface area contributed by atoms with Gasteiger partial charge in [-0.1, -0.05) is 13.0 Å². The Morgan fingerprint density at radius 3 is 2.68 bits per heavy atom. The highest BCUT2D eigenvalue weighted by molar-refractivity contribution is 5.81. The first-order chi connectivity index (χ1) is 12.1. The predicted molar refractivity (Wildman–Crippen MR) is 102 cm³/mol. The number of amides is 1. The molecule has 1 unspecified atom stereocenters. The standard InChI is InChI=1S/C18H30N6O/c1-4-15(2)22-18(19-3)21-10-8-17(25)24-13-11-23(12-14-24)16-7-5-6-9-20-16/h5-7,9,15H,4,8,10-14H2,1-3H3,(H2,19,21,22). The van der Waals surface area contributed by atoms with Crippen LogP contribution in [-0.4, -0.2) is 67.6 Å². The summed E-state index contributed by atoms with van der Waals surface area (Å²) in [5, 5.41) is 6.50. The molecule has 2 rings (SSSR count). The molecule has 1 amide bonds. The number of hydrogen-bond donors (Lipinski definition) is 2. The smallest absolute Gasteiger partial charge is 0.224 e. The number of anilines is 1. The number of pyridine rings is 1. The van der Waals surface area contributed by atoms with Gasteiger partial charge in [-0.25, -0.2) is 4.98 Å². The fourth-order valence-corrected chi connectivity index (χ4v) is 2.70. The van der Waals surface area contributed by atoms with E-state index in [4.69, 9.17) is 0 Å². The minimum Gasteiger partial charge on any atom is -0.356 e. The Balaban J connectivity index is 1.70. The molecule has 1 aromatic heterocycles. The molecule has 0 spiro atoms. The molecule has 1 saturated heterocycles. The molecular formula is C18H30N6O. The van der Waals surface area contributed by atoms with Gasteiger partial charge in [-0.05, 0) is 25.5 Å². The van der Waals surface area contributed by atoms with Crippen LogP contribution in [0.4, 0.5) is 5.82 Å². The van der Waals surface area contributed by atoms with Crippen molar-refractivity contribution in [3.8, 4) is 0 Å². The second-order valence-corrected chi connectivity index (χ2v) is 6.26. The van der Waals surface area contributed by atoms with E-state index in [1.165, 1.54) is 0 Å². The third-order valence-electron chi connectivity index (χ3n) is 4.46. The van der Waals surface area contributed by atoms with E-state index in [2.05, 4.69) is 39.4 Å². The molecule has 25 heavy (non-hydrogen) atoms. The second-order valence-electron chi connectivity index (χ2n) is 6.26. The maximum atomic E-state index is 12.4. The van der Waals surface area contributed by atoms with E-state index < -0.39 is 0 Å². The highest BCUT2D eigenvalue weighted by Gasteiger charge is 2.21.